The molecule has 0 aromatic heterocycles. The van der Waals surface area contributed by atoms with Crippen molar-refractivity contribution < 1.29 is 15.3 Å². The van der Waals surface area contributed by atoms with Gasteiger partial charge in [0, 0.05) is 44.2 Å². The average Bonchev–Trinajstić information content (AvgIpc) is 3.26. The average molecular weight is 928 g/mol. The molecule has 0 saturated heterocycles. The Kier molecular flexibility index (Phi) is 53.4. The second kappa shape index (κ2) is 53.2. The number of rotatable bonds is 54. The molecule has 0 amide bonds. The van der Waals surface area contributed by atoms with Gasteiger partial charge in [-0.25, -0.2) is 0 Å². The van der Waals surface area contributed by atoms with E-state index in [1.807, 2.05) is 21.6 Å². The Bertz CT molecular complexity index is 882. The van der Waals surface area contributed by atoms with Crippen LogP contribution in [0.4, 0.5) is 0 Å². The molecule has 0 heterocycles. The van der Waals surface area contributed by atoms with Crippen LogP contribution in [0, 0.1) is 0 Å². The zero-order valence-electron chi connectivity index (χ0n) is 43.2. The molecule has 5 nitrogen and oxygen atoms in total. The van der Waals surface area contributed by atoms with Gasteiger partial charge < -0.3 is 20.2 Å². The summed E-state index contributed by atoms with van der Waals surface area (Å²) in [5.41, 5.74) is 0. The lowest BCUT2D eigenvalue weighted by molar-refractivity contribution is 0.0639. The highest BCUT2D eigenvalue weighted by molar-refractivity contribution is 8.76. The molecule has 0 aromatic carbocycles. The van der Waals surface area contributed by atoms with Gasteiger partial charge in [-0.1, -0.05) is 273 Å². The van der Waals surface area contributed by atoms with Crippen molar-refractivity contribution in [2.24, 2.45) is 0 Å². The lowest BCUT2D eigenvalue weighted by Gasteiger charge is -2.27. The molecule has 63 heavy (non-hydrogen) atoms. The van der Waals surface area contributed by atoms with E-state index in [1.165, 1.54) is 212 Å². The van der Waals surface area contributed by atoms with E-state index >= 15 is 0 Å². The summed E-state index contributed by atoms with van der Waals surface area (Å²) in [7, 11) is 6.00. The summed E-state index contributed by atoms with van der Waals surface area (Å²) < 4.78 is 0. The molecular weight excluding hydrogens is 813 g/mol. The van der Waals surface area contributed by atoms with Gasteiger partial charge in [0.1, 0.15) is 0 Å². The van der Waals surface area contributed by atoms with Crippen molar-refractivity contribution >= 4 is 21.6 Å². The van der Waals surface area contributed by atoms with Crippen molar-refractivity contribution in [2.45, 2.75) is 296 Å². The summed E-state index contributed by atoms with van der Waals surface area (Å²) in [6.45, 7) is 10.8. The lowest BCUT2D eigenvalue weighted by atomic mass is 10.0. The van der Waals surface area contributed by atoms with E-state index in [1.54, 1.807) is 0 Å². The highest BCUT2D eigenvalue weighted by Crippen LogP contribution is 2.22. The zero-order valence-corrected chi connectivity index (χ0v) is 44.8. The van der Waals surface area contributed by atoms with Crippen LogP contribution in [0.1, 0.15) is 278 Å². The van der Waals surface area contributed by atoms with E-state index in [-0.39, 0.29) is 18.3 Å². The van der Waals surface area contributed by atoms with Crippen molar-refractivity contribution in [2.75, 3.05) is 51.3 Å². The van der Waals surface area contributed by atoms with E-state index in [4.69, 9.17) is 0 Å². The van der Waals surface area contributed by atoms with Crippen molar-refractivity contribution in [3.63, 3.8) is 0 Å². The first-order valence-electron chi connectivity index (χ1n) is 28.3. The Morgan fingerprint density at radius 3 is 1.02 bits per heavy atom. The van der Waals surface area contributed by atoms with Gasteiger partial charge in [-0.3, -0.25) is 4.90 Å². The number of likely N-dealkylation sites (N-methyl/N-ethyl adjacent to an activating group) is 1. The molecule has 0 fully saturated rings. The quantitative estimate of drug-likeness (QED) is 0.0319. The Morgan fingerprint density at radius 1 is 0.365 bits per heavy atom. The number of aliphatic hydroxyl groups excluding tert-OH is 3. The Morgan fingerprint density at radius 2 is 0.667 bits per heavy atom. The minimum Gasteiger partial charge on any atom is -0.392 e. The van der Waals surface area contributed by atoms with Crippen LogP contribution >= 0.6 is 21.6 Å². The first-order valence-corrected chi connectivity index (χ1v) is 30.8. The van der Waals surface area contributed by atoms with Gasteiger partial charge in [0.25, 0.3) is 0 Å². The largest absolute Gasteiger partial charge is 0.392 e. The van der Waals surface area contributed by atoms with Crippen LogP contribution in [0.5, 0.6) is 0 Å². The van der Waals surface area contributed by atoms with Crippen molar-refractivity contribution in [3.05, 3.63) is 12.2 Å². The Hall–Kier alpha value is 0.240. The maximum atomic E-state index is 11.1. The summed E-state index contributed by atoms with van der Waals surface area (Å²) in [5, 5.41) is 32.8. The molecule has 0 spiro atoms. The number of aliphatic hydroxyl groups is 3. The maximum Gasteiger partial charge on any atom is 0.0667 e. The predicted octanol–water partition coefficient (Wildman–Crippen LogP) is 16.9. The Labute approximate surface area is 404 Å². The van der Waals surface area contributed by atoms with E-state index < -0.39 is 0 Å². The molecule has 0 rings (SSSR count). The van der Waals surface area contributed by atoms with E-state index in [9.17, 15) is 15.3 Å². The first kappa shape index (κ1) is 63.2. The number of nitrogens with zero attached hydrogens (tertiary/aromatic N) is 2. The third-order valence-corrected chi connectivity index (χ3v) is 15.5. The summed E-state index contributed by atoms with van der Waals surface area (Å²) in [4.78, 5) is 4.65. The van der Waals surface area contributed by atoms with Gasteiger partial charge >= 0.3 is 0 Å². The van der Waals surface area contributed by atoms with Crippen LogP contribution in [0.3, 0.4) is 0 Å². The molecule has 0 aromatic rings. The number of hydrogen-bond acceptors (Lipinski definition) is 7. The normalized spacial score (nSPS) is 13.6. The topological polar surface area (TPSA) is 67.2 Å². The molecule has 0 bridgehead atoms. The molecular formula is C56H114N2O3S2. The highest BCUT2D eigenvalue weighted by atomic mass is 33.1. The SMILES string of the molecule is CC/C=C/CCCCCCCCCCCC(O)CN(CCSSCCN(C)C[C@H](O)CCCCCCCCCCCCCCC)CC(O)CCCCCCCCCCCCCCC. The molecule has 0 aliphatic heterocycles. The molecule has 0 aliphatic rings. The van der Waals surface area contributed by atoms with Crippen LogP contribution in [0.2, 0.25) is 0 Å². The van der Waals surface area contributed by atoms with Gasteiger partial charge in [0.05, 0.1) is 18.3 Å². The highest BCUT2D eigenvalue weighted by Gasteiger charge is 2.16. The summed E-state index contributed by atoms with van der Waals surface area (Å²) in [6.07, 6.45) is 55.9. The van der Waals surface area contributed by atoms with Gasteiger partial charge in [-0.15, -0.1) is 0 Å². The fourth-order valence-electron chi connectivity index (χ4n) is 9.02. The van der Waals surface area contributed by atoms with Crippen LogP contribution in [-0.2, 0) is 0 Å². The zero-order chi connectivity index (χ0) is 45.9. The van der Waals surface area contributed by atoms with Gasteiger partial charge in [0.2, 0.25) is 0 Å². The molecule has 3 N–H and O–H groups in total. The van der Waals surface area contributed by atoms with Crippen LogP contribution < -0.4 is 0 Å². The molecule has 0 saturated carbocycles. The predicted molar refractivity (Wildman–Crippen MR) is 288 cm³/mol. The molecule has 378 valence electrons. The molecule has 2 unspecified atom stereocenters. The number of hydrogen-bond donors (Lipinski definition) is 3. The minimum absolute atomic E-state index is 0.218. The maximum absolute atomic E-state index is 11.1. The Balaban J connectivity index is 4.31. The summed E-state index contributed by atoms with van der Waals surface area (Å²) in [5.74, 6) is 2.05. The van der Waals surface area contributed by atoms with E-state index in [2.05, 4.69) is 49.8 Å². The monoisotopic (exact) mass is 927 g/mol. The fraction of sp³-hybridized carbons (Fsp3) is 0.964. The number of allylic oxidation sites excluding steroid dienone is 2. The molecule has 3 atom stereocenters. The van der Waals surface area contributed by atoms with Crippen LogP contribution in [0.25, 0.3) is 0 Å². The second-order valence-electron chi connectivity index (χ2n) is 19.8. The lowest BCUT2D eigenvalue weighted by Crippen LogP contribution is -2.39. The van der Waals surface area contributed by atoms with E-state index in [0.29, 0.717) is 13.1 Å². The third kappa shape index (κ3) is 51.5. The van der Waals surface area contributed by atoms with Crippen molar-refractivity contribution in [1.29, 1.82) is 0 Å². The molecule has 7 heteroatoms. The molecule has 0 radical (unpaired) electrons. The smallest absolute Gasteiger partial charge is 0.0667 e. The van der Waals surface area contributed by atoms with Crippen molar-refractivity contribution in [3.8, 4) is 0 Å². The standard InChI is InChI=1S/C56H114N2O3S2/c1-5-8-11-14-17-20-23-26-29-32-35-38-41-44-54(59)51-57(4)47-49-62-63-50-48-58(52-55(60)45-42-39-36-33-30-27-24-21-18-15-12-9-6-2)53-56(61)46-43-40-37-34-31-28-25-22-19-16-13-10-7-3/h9,12,54-56,59-61H,5-8,10-11,13-53H2,1-4H3/b12-9+/t54-,55?,56?/m1/s1. The molecule has 0 aliphatic carbocycles. The van der Waals surface area contributed by atoms with Gasteiger partial charge in [0.15, 0.2) is 0 Å². The first-order chi connectivity index (χ1) is 30.9. The summed E-state index contributed by atoms with van der Waals surface area (Å²) >= 11 is 0. The fourth-order valence-corrected chi connectivity index (χ4v) is 11.1. The van der Waals surface area contributed by atoms with Crippen LogP contribution in [0.15, 0.2) is 12.2 Å². The summed E-state index contributed by atoms with van der Waals surface area (Å²) in [6, 6.07) is 0. The van der Waals surface area contributed by atoms with E-state index in [0.717, 1.165) is 76.1 Å². The van der Waals surface area contributed by atoms with Crippen molar-refractivity contribution in [1.82, 2.24) is 9.80 Å². The minimum atomic E-state index is -0.312. The second-order valence-corrected chi connectivity index (χ2v) is 22.5. The van der Waals surface area contributed by atoms with Crippen LogP contribution in [-0.4, -0.2) is 94.7 Å². The van der Waals surface area contributed by atoms with Gasteiger partial charge in [-0.2, -0.15) is 0 Å². The number of unbranched alkanes of at least 4 members (excludes halogenated alkanes) is 33. The van der Waals surface area contributed by atoms with Gasteiger partial charge in [-0.05, 0) is 45.6 Å². The third-order valence-electron chi connectivity index (χ3n) is 13.2.